The molecule has 0 atom stereocenters. The molecule has 0 spiro atoms. The van der Waals surface area contributed by atoms with Crippen LogP contribution >= 0.6 is 0 Å². The van der Waals surface area contributed by atoms with Gasteiger partial charge >= 0.3 is 0 Å². The van der Waals surface area contributed by atoms with Crippen LogP contribution in [0.4, 0.5) is 5.69 Å². The summed E-state index contributed by atoms with van der Waals surface area (Å²) in [6, 6.07) is 4.04. The first-order chi connectivity index (χ1) is 8.99. The van der Waals surface area contributed by atoms with Crippen LogP contribution in [0.25, 0.3) is 0 Å². The Morgan fingerprint density at radius 2 is 2.00 bits per heavy atom. The third-order valence-electron chi connectivity index (χ3n) is 3.38. The molecule has 19 heavy (non-hydrogen) atoms. The lowest BCUT2D eigenvalue weighted by Crippen LogP contribution is -2.50. The first kappa shape index (κ1) is 14.2. The fraction of sp³-hybridized carbons (Fsp3) is 0.643. The Bertz CT molecular complexity index is 408. The van der Waals surface area contributed by atoms with E-state index in [-0.39, 0.29) is 0 Å². The molecule has 5 nitrogen and oxygen atoms in total. The average Bonchev–Trinajstić information content (AvgIpc) is 2.38. The van der Waals surface area contributed by atoms with Gasteiger partial charge in [0.25, 0.3) is 0 Å². The molecular weight excluding hydrogens is 240 g/mol. The first-order valence-electron chi connectivity index (χ1n) is 6.83. The molecule has 3 N–H and O–H groups in total. The number of hydrogen-bond donors (Lipinski definition) is 2. The van der Waals surface area contributed by atoms with Crippen LogP contribution in [0.5, 0.6) is 0 Å². The maximum absolute atomic E-state index is 9.85. The van der Waals surface area contributed by atoms with Gasteiger partial charge in [-0.15, -0.1) is 0 Å². The molecular formula is C14H24N4O. The minimum Gasteiger partial charge on any atom is -0.389 e. The van der Waals surface area contributed by atoms with Crippen molar-refractivity contribution in [1.82, 2.24) is 9.88 Å². The quantitative estimate of drug-likeness (QED) is 0.826. The van der Waals surface area contributed by atoms with Crippen LogP contribution in [0.2, 0.25) is 0 Å². The number of anilines is 1. The normalized spacial score (nSPS) is 17.8. The highest BCUT2D eigenvalue weighted by Crippen LogP contribution is 2.20. The molecule has 1 aliphatic rings. The lowest BCUT2D eigenvalue weighted by molar-refractivity contribution is 0.0345. The Kier molecular flexibility index (Phi) is 4.39. The number of piperazine rings is 1. The molecule has 1 aromatic rings. The summed E-state index contributed by atoms with van der Waals surface area (Å²) in [4.78, 5) is 8.96. The van der Waals surface area contributed by atoms with Crippen LogP contribution in [0.15, 0.2) is 18.3 Å². The number of aromatic nitrogens is 1. The van der Waals surface area contributed by atoms with Gasteiger partial charge in [0.05, 0.1) is 17.0 Å². The average molecular weight is 264 g/mol. The second-order valence-electron chi connectivity index (χ2n) is 5.75. The Hall–Kier alpha value is -1.17. The third kappa shape index (κ3) is 3.89. The summed E-state index contributed by atoms with van der Waals surface area (Å²) in [5.41, 5.74) is 7.21. The molecule has 0 saturated carbocycles. The van der Waals surface area contributed by atoms with Gasteiger partial charge in [0.1, 0.15) is 0 Å². The van der Waals surface area contributed by atoms with Crippen LogP contribution in [-0.2, 0) is 6.54 Å². The molecule has 1 aromatic heterocycles. The zero-order valence-electron chi connectivity index (χ0n) is 11.8. The van der Waals surface area contributed by atoms with Gasteiger partial charge in [-0.1, -0.05) is 0 Å². The van der Waals surface area contributed by atoms with E-state index in [0.717, 1.165) is 44.1 Å². The molecule has 0 aliphatic carbocycles. The standard InChI is InChI=1S/C14H24N4O/c1-14(2,19)11-17-6-8-18(9-7-17)13-4-3-5-16-12(13)10-15/h3-5,19H,6-11,15H2,1-2H3. The van der Waals surface area contributed by atoms with Gasteiger partial charge in [0.15, 0.2) is 0 Å². The third-order valence-corrected chi connectivity index (χ3v) is 3.38. The summed E-state index contributed by atoms with van der Waals surface area (Å²) in [6.45, 7) is 8.73. The molecule has 0 unspecified atom stereocenters. The molecule has 0 amide bonds. The van der Waals surface area contributed by atoms with E-state index in [2.05, 4.69) is 20.9 Å². The van der Waals surface area contributed by atoms with E-state index < -0.39 is 5.60 Å². The molecule has 1 saturated heterocycles. The Balaban J connectivity index is 1.96. The lowest BCUT2D eigenvalue weighted by Gasteiger charge is -2.38. The van der Waals surface area contributed by atoms with Crippen molar-refractivity contribution >= 4 is 5.69 Å². The van der Waals surface area contributed by atoms with Crippen LogP contribution < -0.4 is 10.6 Å². The van der Waals surface area contributed by atoms with Gasteiger partial charge < -0.3 is 15.7 Å². The topological polar surface area (TPSA) is 65.6 Å². The maximum Gasteiger partial charge on any atom is 0.0772 e. The van der Waals surface area contributed by atoms with Crippen molar-refractivity contribution in [3.05, 3.63) is 24.0 Å². The zero-order valence-corrected chi connectivity index (χ0v) is 11.8. The molecule has 1 fully saturated rings. The van der Waals surface area contributed by atoms with Crippen molar-refractivity contribution in [3.63, 3.8) is 0 Å². The van der Waals surface area contributed by atoms with E-state index in [0.29, 0.717) is 6.54 Å². The van der Waals surface area contributed by atoms with Crippen molar-refractivity contribution < 1.29 is 5.11 Å². The molecule has 0 radical (unpaired) electrons. The predicted molar refractivity (Wildman–Crippen MR) is 77.1 cm³/mol. The first-order valence-corrected chi connectivity index (χ1v) is 6.83. The number of rotatable bonds is 4. The summed E-state index contributed by atoms with van der Waals surface area (Å²) in [7, 11) is 0. The number of pyridine rings is 1. The Morgan fingerprint density at radius 1 is 1.32 bits per heavy atom. The van der Waals surface area contributed by atoms with Gasteiger partial charge in [-0.2, -0.15) is 0 Å². The second kappa shape index (κ2) is 5.86. The van der Waals surface area contributed by atoms with E-state index in [1.165, 1.54) is 0 Å². The summed E-state index contributed by atoms with van der Waals surface area (Å²) < 4.78 is 0. The Morgan fingerprint density at radius 3 is 2.58 bits per heavy atom. The SMILES string of the molecule is CC(C)(O)CN1CCN(c2cccnc2CN)CC1. The molecule has 0 aromatic carbocycles. The molecule has 1 aliphatic heterocycles. The van der Waals surface area contributed by atoms with E-state index >= 15 is 0 Å². The highest BCUT2D eigenvalue weighted by Gasteiger charge is 2.23. The van der Waals surface area contributed by atoms with E-state index in [9.17, 15) is 5.11 Å². The second-order valence-corrected chi connectivity index (χ2v) is 5.75. The van der Waals surface area contributed by atoms with Crippen LogP contribution in [-0.4, -0.2) is 53.3 Å². The van der Waals surface area contributed by atoms with Crippen molar-refractivity contribution in [2.45, 2.75) is 26.0 Å². The minimum absolute atomic E-state index is 0.472. The van der Waals surface area contributed by atoms with E-state index in [1.807, 2.05) is 19.9 Å². The number of hydrogen-bond acceptors (Lipinski definition) is 5. The molecule has 5 heteroatoms. The maximum atomic E-state index is 9.85. The molecule has 2 heterocycles. The fourth-order valence-electron chi connectivity index (χ4n) is 2.57. The van der Waals surface area contributed by atoms with Crippen LogP contribution in [0, 0.1) is 0 Å². The van der Waals surface area contributed by atoms with E-state index in [1.54, 1.807) is 6.20 Å². The number of β-amino-alcohol motifs (C(OH)–C–C–N with tert-alkyl or cyclic N) is 1. The van der Waals surface area contributed by atoms with Crippen molar-refractivity contribution in [1.29, 1.82) is 0 Å². The monoisotopic (exact) mass is 264 g/mol. The summed E-state index contributed by atoms with van der Waals surface area (Å²) in [5, 5.41) is 9.85. The summed E-state index contributed by atoms with van der Waals surface area (Å²) >= 11 is 0. The summed E-state index contributed by atoms with van der Waals surface area (Å²) in [6.07, 6.45) is 1.79. The van der Waals surface area contributed by atoms with Crippen LogP contribution in [0.3, 0.4) is 0 Å². The van der Waals surface area contributed by atoms with Crippen molar-refractivity contribution in [2.24, 2.45) is 5.73 Å². The molecule has 2 rings (SSSR count). The number of aliphatic hydroxyl groups is 1. The van der Waals surface area contributed by atoms with Crippen LogP contribution in [0.1, 0.15) is 19.5 Å². The highest BCUT2D eigenvalue weighted by molar-refractivity contribution is 5.50. The van der Waals surface area contributed by atoms with Gasteiger partial charge in [0.2, 0.25) is 0 Å². The van der Waals surface area contributed by atoms with Gasteiger partial charge in [0, 0.05) is 45.5 Å². The smallest absolute Gasteiger partial charge is 0.0772 e. The van der Waals surface area contributed by atoms with Gasteiger partial charge in [-0.3, -0.25) is 9.88 Å². The Labute approximate surface area is 115 Å². The largest absolute Gasteiger partial charge is 0.389 e. The lowest BCUT2D eigenvalue weighted by atomic mass is 10.1. The van der Waals surface area contributed by atoms with Crippen molar-refractivity contribution in [3.8, 4) is 0 Å². The fourth-order valence-corrected chi connectivity index (χ4v) is 2.57. The summed E-state index contributed by atoms with van der Waals surface area (Å²) in [5.74, 6) is 0. The minimum atomic E-state index is -0.626. The van der Waals surface area contributed by atoms with E-state index in [4.69, 9.17) is 5.73 Å². The van der Waals surface area contributed by atoms with Gasteiger partial charge in [-0.05, 0) is 26.0 Å². The predicted octanol–water partition coefficient (Wildman–Crippen LogP) is 0.433. The number of nitrogens with zero attached hydrogens (tertiary/aromatic N) is 3. The van der Waals surface area contributed by atoms with Gasteiger partial charge in [-0.25, -0.2) is 0 Å². The number of nitrogens with two attached hydrogens (primary N) is 1. The molecule has 0 bridgehead atoms. The molecule has 106 valence electrons. The zero-order chi connectivity index (χ0) is 13.9. The highest BCUT2D eigenvalue weighted by atomic mass is 16.3. The van der Waals surface area contributed by atoms with Crippen molar-refractivity contribution in [2.75, 3.05) is 37.6 Å².